The van der Waals surface area contributed by atoms with Crippen molar-refractivity contribution in [3.63, 3.8) is 0 Å². The molecular formula is C16H23N3. The molecule has 0 aliphatic heterocycles. The van der Waals surface area contributed by atoms with Gasteiger partial charge < -0.3 is 10.7 Å². The lowest BCUT2D eigenvalue weighted by Gasteiger charge is -2.14. The molecule has 0 saturated carbocycles. The van der Waals surface area contributed by atoms with Gasteiger partial charge in [-0.1, -0.05) is 38.1 Å². The van der Waals surface area contributed by atoms with Crippen LogP contribution in [0.3, 0.4) is 0 Å². The zero-order valence-corrected chi connectivity index (χ0v) is 12.2. The molecule has 0 amide bonds. The average molecular weight is 257 g/mol. The van der Waals surface area contributed by atoms with Crippen molar-refractivity contribution in [1.29, 1.82) is 0 Å². The molecule has 1 aromatic heterocycles. The summed E-state index contributed by atoms with van der Waals surface area (Å²) in [7, 11) is 0. The molecule has 0 spiro atoms. The fraction of sp³-hybridized carbons (Fsp3) is 0.438. The van der Waals surface area contributed by atoms with E-state index in [1.165, 1.54) is 5.56 Å². The molecule has 0 radical (unpaired) electrons. The van der Waals surface area contributed by atoms with Crippen LogP contribution < -0.4 is 5.73 Å². The Morgan fingerprint density at radius 3 is 2.32 bits per heavy atom. The Morgan fingerprint density at radius 1 is 1.21 bits per heavy atom. The lowest BCUT2D eigenvalue weighted by atomic mass is 10.0. The second kappa shape index (κ2) is 5.17. The molecule has 2 aromatic rings. The smallest absolute Gasteiger partial charge is 0.126 e. The lowest BCUT2D eigenvalue weighted by Crippen LogP contribution is -2.30. The Morgan fingerprint density at radius 2 is 1.84 bits per heavy atom. The first-order valence-electron chi connectivity index (χ1n) is 6.80. The number of H-pyrrole nitrogens is 1. The van der Waals surface area contributed by atoms with Crippen LogP contribution in [0.1, 0.15) is 39.1 Å². The molecule has 0 unspecified atom stereocenters. The molecule has 2 rings (SSSR count). The number of rotatable bonds is 4. The average Bonchev–Trinajstić information content (AvgIpc) is 2.78. The molecule has 0 saturated heterocycles. The van der Waals surface area contributed by atoms with Crippen LogP contribution >= 0.6 is 0 Å². The van der Waals surface area contributed by atoms with E-state index in [2.05, 4.69) is 48.1 Å². The summed E-state index contributed by atoms with van der Waals surface area (Å²) in [4.78, 5) is 7.65. The van der Waals surface area contributed by atoms with Crippen molar-refractivity contribution in [2.75, 3.05) is 0 Å². The molecule has 0 atom stereocenters. The third-order valence-corrected chi connectivity index (χ3v) is 3.10. The highest BCUT2D eigenvalue weighted by Gasteiger charge is 2.18. The van der Waals surface area contributed by atoms with E-state index in [4.69, 9.17) is 5.73 Å². The van der Waals surface area contributed by atoms with Gasteiger partial charge in [0.15, 0.2) is 0 Å². The third kappa shape index (κ3) is 3.44. The van der Waals surface area contributed by atoms with Crippen LogP contribution in [0.15, 0.2) is 30.5 Å². The van der Waals surface area contributed by atoms with Gasteiger partial charge in [-0.25, -0.2) is 4.98 Å². The number of imidazole rings is 1. The minimum Gasteiger partial charge on any atom is -0.340 e. The number of nitrogens with two attached hydrogens (primary N) is 1. The Labute approximate surface area is 115 Å². The van der Waals surface area contributed by atoms with E-state index in [0.717, 1.165) is 23.5 Å². The van der Waals surface area contributed by atoms with Crippen molar-refractivity contribution >= 4 is 0 Å². The maximum Gasteiger partial charge on any atom is 0.126 e. The molecule has 3 nitrogen and oxygen atoms in total. The number of hydrogen-bond donors (Lipinski definition) is 2. The summed E-state index contributed by atoms with van der Waals surface area (Å²) in [6.45, 7) is 8.36. The topological polar surface area (TPSA) is 54.7 Å². The van der Waals surface area contributed by atoms with E-state index in [0.29, 0.717) is 5.92 Å². The molecule has 19 heavy (non-hydrogen) atoms. The Hall–Kier alpha value is -1.61. The van der Waals surface area contributed by atoms with Gasteiger partial charge in [-0.05, 0) is 37.3 Å². The first-order chi connectivity index (χ1) is 8.86. The summed E-state index contributed by atoms with van der Waals surface area (Å²) in [5.74, 6) is 1.50. The number of hydrogen-bond acceptors (Lipinski definition) is 2. The van der Waals surface area contributed by atoms with Gasteiger partial charge >= 0.3 is 0 Å². The van der Waals surface area contributed by atoms with Crippen LogP contribution in [-0.2, 0) is 12.0 Å². The van der Waals surface area contributed by atoms with Crippen molar-refractivity contribution in [2.24, 2.45) is 11.7 Å². The van der Waals surface area contributed by atoms with Gasteiger partial charge in [0.05, 0.1) is 17.4 Å². The van der Waals surface area contributed by atoms with Gasteiger partial charge in [0.1, 0.15) is 5.82 Å². The fourth-order valence-electron chi connectivity index (χ4n) is 2.09. The quantitative estimate of drug-likeness (QED) is 0.881. The SMILES string of the molecule is CC(C)Cc1ccc(-c2cnc(C(C)(C)N)[nH]2)cc1. The molecule has 0 aliphatic carbocycles. The molecule has 0 aliphatic rings. The molecule has 3 N–H and O–H groups in total. The van der Waals surface area contributed by atoms with Gasteiger partial charge in [-0.3, -0.25) is 0 Å². The normalized spacial score (nSPS) is 12.1. The second-order valence-corrected chi connectivity index (χ2v) is 6.16. The predicted octanol–water partition coefficient (Wildman–Crippen LogP) is 3.47. The summed E-state index contributed by atoms with van der Waals surface area (Å²) in [5, 5.41) is 0. The number of nitrogens with one attached hydrogen (secondary N) is 1. The second-order valence-electron chi connectivity index (χ2n) is 6.16. The largest absolute Gasteiger partial charge is 0.340 e. The third-order valence-electron chi connectivity index (χ3n) is 3.10. The number of aromatic nitrogens is 2. The predicted molar refractivity (Wildman–Crippen MR) is 79.8 cm³/mol. The fourth-order valence-corrected chi connectivity index (χ4v) is 2.09. The van der Waals surface area contributed by atoms with Gasteiger partial charge in [0.25, 0.3) is 0 Å². The highest BCUT2D eigenvalue weighted by molar-refractivity contribution is 5.59. The van der Waals surface area contributed by atoms with Gasteiger partial charge in [0.2, 0.25) is 0 Å². The molecule has 102 valence electrons. The van der Waals surface area contributed by atoms with E-state index in [1.807, 2.05) is 20.0 Å². The Balaban J connectivity index is 2.20. The standard InChI is InChI=1S/C16H23N3/c1-11(2)9-12-5-7-13(8-6-12)14-10-18-15(19-14)16(3,4)17/h5-8,10-11H,9,17H2,1-4H3,(H,18,19). The van der Waals surface area contributed by atoms with E-state index >= 15 is 0 Å². The first-order valence-corrected chi connectivity index (χ1v) is 6.80. The van der Waals surface area contributed by atoms with Crippen molar-refractivity contribution in [1.82, 2.24) is 9.97 Å². The van der Waals surface area contributed by atoms with Crippen molar-refractivity contribution in [2.45, 2.75) is 39.7 Å². The monoisotopic (exact) mass is 257 g/mol. The van der Waals surface area contributed by atoms with E-state index in [9.17, 15) is 0 Å². The maximum absolute atomic E-state index is 6.03. The number of nitrogens with zero attached hydrogens (tertiary/aromatic N) is 1. The summed E-state index contributed by atoms with van der Waals surface area (Å²) in [5.41, 5.74) is 9.14. The first kappa shape index (κ1) is 13.8. The summed E-state index contributed by atoms with van der Waals surface area (Å²) >= 11 is 0. The van der Waals surface area contributed by atoms with Crippen molar-refractivity contribution in [3.8, 4) is 11.3 Å². The van der Waals surface area contributed by atoms with Crippen molar-refractivity contribution in [3.05, 3.63) is 41.9 Å². The zero-order chi connectivity index (χ0) is 14.0. The maximum atomic E-state index is 6.03. The minimum absolute atomic E-state index is 0.435. The molecule has 1 heterocycles. The molecular weight excluding hydrogens is 234 g/mol. The molecule has 0 fully saturated rings. The highest BCUT2D eigenvalue weighted by atomic mass is 15.0. The minimum atomic E-state index is -0.435. The van der Waals surface area contributed by atoms with E-state index in [-0.39, 0.29) is 0 Å². The van der Waals surface area contributed by atoms with Gasteiger partial charge in [-0.2, -0.15) is 0 Å². The van der Waals surface area contributed by atoms with Crippen molar-refractivity contribution < 1.29 is 0 Å². The van der Waals surface area contributed by atoms with Gasteiger partial charge in [-0.15, -0.1) is 0 Å². The molecule has 1 aromatic carbocycles. The van der Waals surface area contributed by atoms with E-state index in [1.54, 1.807) is 0 Å². The summed E-state index contributed by atoms with van der Waals surface area (Å²) in [6.07, 6.45) is 2.96. The highest BCUT2D eigenvalue weighted by Crippen LogP contribution is 2.21. The summed E-state index contributed by atoms with van der Waals surface area (Å²) < 4.78 is 0. The van der Waals surface area contributed by atoms with Gasteiger partial charge in [0, 0.05) is 0 Å². The van der Waals surface area contributed by atoms with E-state index < -0.39 is 5.54 Å². The molecule has 3 heteroatoms. The van der Waals surface area contributed by atoms with Crippen LogP contribution in [-0.4, -0.2) is 9.97 Å². The number of benzene rings is 1. The van der Waals surface area contributed by atoms with Crippen LogP contribution in [0.5, 0.6) is 0 Å². The van der Waals surface area contributed by atoms with Crippen LogP contribution in [0.2, 0.25) is 0 Å². The van der Waals surface area contributed by atoms with Crippen LogP contribution in [0, 0.1) is 5.92 Å². The Kier molecular flexibility index (Phi) is 3.76. The lowest BCUT2D eigenvalue weighted by molar-refractivity contribution is 0.520. The Bertz CT molecular complexity index is 530. The zero-order valence-electron chi connectivity index (χ0n) is 12.2. The van der Waals surface area contributed by atoms with Crippen LogP contribution in [0.25, 0.3) is 11.3 Å². The molecule has 0 bridgehead atoms. The summed E-state index contributed by atoms with van der Waals surface area (Å²) in [6, 6.07) is 8.64. The van der Waals surface area contributed by atoms with Crippen LogP contribution in [0.4, 0.5) is 0 Å². The number of aromatic amines is 1.